The average molecular weight is 335 g/mol. The lowest BCUT2D eigenvalue weighted by Gasteiger charge is -2.37. The minimum Gasteiger partial charge on any atom is -0.383 e. The molecule has 0 amide bonds. The molecule has 22 heavy (non-hydrogen) atoms. The first-order chi connectivity index (χ1) is 10.5. The van der Waals surface area contributed by atoms with E-state index in [2.05, 4.69) is 0 Å². The monoisotopic (exact) mass is 335 g/mol. The molecule has 6 nitrogen and oxygen atoms in total. The Kier molecular flexibility index (Phi) is 6.24. The second-order valence-corrected chi connectivity index (χ2v) is 8.40. The van der Waals surface area contributed by atoms with Crippen LogP contribution in [0.1, 0.15) is 38.5 Å². The molecule has 0 bridgehead atoms. The summed E-state index contributed by atoms with van der Waals surface area (Å²) in [5.41, 5.74) is -0.528. The molecule has 0 N–H and O–H groups in total. The van der Waals surface area contributed by atoms with Crippen LogP contribution >= 0.6 is 0 Å². The van der Waals surface area contributed by atoms with Gasteiger partial charge in [-0.3, -0.25) is 0 Å². The zero-order valence-electron chi connectivity index (χ0n) is 13.9. The number of rotatable bonds is 7. The third-order valence-corrected chi connectivity index (χ3v) is 7.07. The average Bonchev–Trinajstić information content (AvgIpc) is 2.92. The predicted octanol–water partition coefficient (Wildman–Crippen LogP) is 1.40. The summed E-state index contributed by atoms with van der Waals surface area (Å²) in [4.78, 5) is 0. The van der Waals surface area contributed by atoms with Gasteiger partial charge < -0.3 is 14.2 Å². The molecule has 0 unspecified atom stereocenters. The summed E-state index contributed by atoms with van der Waals surface area (Å²) in [7, 11) is 1.47. The quantitative estimate of drug-likeness (QED) is 0.704. The highest BCUT2D eigenvalue weighted by Gasteiger charge is 2.44. The van der Waals surface area contributed by atoms with Crippen LogP contribution in [0.25, 0.3) is 0 Å². The molecule has 1 aliphatic heterocycles. The Labute approximate surface area is 134 Å². The van der Waals surface area contributed by atoms with Gasteiger partial charge in [0.25, 0.3) is 0 Å². The maximum Gasteiger partial charge on any atom is 0.217 e. The van der Waals surface area contributed by atoms with E-state index in [4.69, 9.17) is 14.2 Å². The molecule has 0 radical (unpaired) electrons. The van der Waals surface area contributed by atoms with Gasteiger partial charge in [-0.15, -0.1) is 0 Å². The number of hydrogen-bond acceptors (Lipinski definition) is 5. The largest absolute Gasteiger partial charge is 0.383 e. The minimum atomic E-state index is -3.40. The molecule has 1 aliphatic carbocycles. The van der Waals surface area contributed by atoms with Crippen molar-refractivity contribution in [1.82, 2.24) is 4.31 Å². The Morgan fingerprint density at radius 3 is 2.36 bits per heavy atom. The highest BCUT2D eigenvalue weighted by molar-refractivity contribution is 7.89. The van der Waals surface area contributed by atoms with Crippen molar-refractivity contribution >= 4 is 10.0 Å². The Balaban J connectivity index is 2.13. The van der Waals surface area contributed by atoms with Crippen LogP contribution in [0.5, 0.6) is 0 Å². The second-order valence-electron chi connectivity index (χ2n) is 6.48. The number of nitrogens with zero attached hydrogens (tertiary/aromatic N) is 1. The van der Waals surface area contributed by atoms with E-state index < -0.39 is 15.6 Å². The first kappa shape index (κ1) is 18.1. The molecule has 2 aliphatic rings. The van der Waals surface area contributed by atoms with Gasteiger partial charge in [-0.1, -0.05) is 19.3 Å². The van der Waals surface area contributed by atoms with Crippen molar-refractivity contribution in [2.24, 2.45) is 0 Å². The first-order valence-corrected chi connectivity index (χ1v) is 9.64. The summed E-state index contributed by atoms with van der Waals surface area (Å²) >= 11 is 0. The zero-order valence-corrected chi connectivity index (χ0v) is 14.7. The molecule has 0 aromatic rings. The van der Waals surface area contributed by atoms with E-state index in [0.717, 1.165) is 32.1 Å². The van der Waals surface area contributed by atoms with Gasteiger partial charge in [0, 0.05) is 27.9 Å². The smallest absolute Gasteiger partial charge is 0.217 e. The van der Waals surface area contributed by atoms with E-state index in [9.17, 15) is 8.42 Å². The van der Waals surface area contributed by atoms with Crippen molar-refractivity contribution in [3.05, 3.63) is 0 Å². The fraction of sp³-hybridized carbons (Fsp3) is 1.00. The summed E-state index contributed by atoms with van der Waals surface area (Å²) < 4.78 is 43.7. The molecule has 1 saturated heterocycles. The van der Waals surface area contributed by atoms with E-state index in [1.54, 1.807) is 25.6 Å². The fourth-order valence-electron chi connectivity index (χ4n) is 3.72. The van der Waals surface area contributed by atoms with E-state index in [0.29, 0.717) is 19.6 Å². The third-order valence-electron chi connectivity index (χ3n) is 5.02. The highest BCUT2D eigenvalue weighted by Crippen LogP contribution is 2.34. The Morgan fingerprint density at radius 1 is 1.14 bits per heavy atom. The van der Waals surface area contributed by atoms with Crippen LogP contribution in [0, 0.1) is 0 Å². The lowest BCUT2D eigenvalue weighted by atomic mass is 9.86. The standard InChI is InChI=1S/C15H29NO5S/c1-19-11-13-9-14(20-2)10-16(13)22(17,18)12-15(21-3)7-5-4-6-8-15/h13-14H,4-12H2,1-3H3/t13-,14-/m0/s1. The molecule has 1 heterocycles. The molecular weight excluding hydrogens is 306 g/mol. The van der Waals surface area contributed by atoms with Crippen molar-refractivity contribution in [3.8, 4) is 0 Å². The predicted molar refractivity (Wildman–Crippen MR) is 84.4 cm³/mol. The SMILES string of the molecule is COC[C@@H]1C[C@H](OC)CN1S(=O)(=O)CC1(OC)CCCCC1. The van der Waals surface area contributed by atoms with Gasteiger partial charge in [0.15, 0.2) is 0 Å². The normalized spacial score (nSPS) is 29.8. The van der Waals surface area contributed by atoms with E-state index in [1.165, 1.54) is 0 Å². The first-order valence-electron chi connectivity index (χ1n) is 8.03. The van der Waals surface area contributed by atoms with Crippen LogP contribution in [0.15, 0.2) is 0 Å². The van der Waals surface area contributed by atoms with Crippen LogP contribution in [-0.2, 0) is 24.2 Å². The van der Waals surface area contributed by atoms with Crippen molar-refractivity contribution < 1.29 is 22.6 Å². The van der Waals surface area contributed by atoms with Crippen molar-refractivity contribution in [1.29, 1.82) is 0 Å². The van der Waals surface area contributed by atoms with E-state index in [-0.39, 0.29) is 17.9 Å². The minimum absolute atomic E-state index is 0.0558. The number of hydrogen-bond donors (Lipinski definition) is 0. The van der Waals surface area contributed by atoms with Crippen LogP contribution in [0.4, 0.5) is 0 Å². The number of methoxy groups -OCH3 is 3. The van der Waals surface area contributed by atoms with Crippen molar-refractivity contribution in [2.75, 3.05) is 40.2 Å². The molecule has 7 heteroatoms. The van der Waals surface area contributed by atoms with Gasteiger partial charge in [0.1, 0.15) is 0 Å². The Morgan fingerprint density at radius 2 is 1.82 bits per heavy atom. The highest BCUT2D eigenvalue weighted by atomic mass is 32.2. The van der Waals surface area contributed by atoms with Crippen molar-refractivity contribution in [3.63, 3.8) is 0 Å². The molecule has 0 aromatic carbocycles. The maximum absolute atomic E-state index is 12.9. The summed E-state index contributed by atoms with van der Waals surface area (Å²) in [5.74, 6) is 0.0626. The summed E-state index contributed by atoms with van der Waals surface area (Å²) in [5, 5.41) is 0. The zero-order chi connectivity index (χ0) is 16.2. The lowest BCUT2D eigenvalue weighted by Crippen LogP contribution is -2.48. The fourth-order valence-corrected chi connectivity index (χ4v) is 5.95. The number of sulfonamides is 1. The van der Waals surface area contributed by atoms with Crippen molar-refractivity contribution in [2.45, 2.75) is 56.3 Å². The Bertz CT molecular complexity index is 447. The van der Waals surface area contributed by atoms with Crippen LogP contribution in [0.3, 0.4) is 0 Å². The van der Waals surface area contributed by atoms with Crippen LogP contribution in [0.2, 0.25) is 0 Å². The Hall–Kier alpha value is -0.210. The molecule has 1 saturated carbocycles. The van der Waals surface area contributed by atoms with Gasteiger partial charge >= 0.3 is 0 Å². The van der Waals surface area contributed by atoms with Gasteiger partial charge in [-0.2, -0.15) is 4.31 Å². The van der Waals surface area contributed by atoms with Crippen LogP contribution < -0.4 is 0 Å². The number of ether oxygens (including phenoxy) is 3. The van der Waals surface area contributed by atoms with Gasteiger partial charge in [0.05, 0.1) is 30.1 Å². The molecule has 130 valence electrons. The van der Waals surface area contributed by atoms with Gasteiger partial charge in [0.2, 0.25) is 10.0 Å². The summed E-state index contributed by atoms with van der Waals surface area (Å²) in [6.07, 6.45) is 5.49. The summed E-state index contributed by atoms with van der Waals surface area (Å²) in [6, 6.07) is -0.141. The maximum atomic E-state index is 12.9. The van der Waals surface area contributed by atoms with E-state index in [1.807, 2.05) is 0 Å². The molecule has 2 atom stereocenters. The van der Waals surface area contributed by atoms with E-state index >= 15 is 0 Å². The molecule has 2 rings (SSSR count). The summed E-state index contributed by atoms with van der Waals surface area (Å²) in [6.45, 7) is 0.811. The molecule has 2 fully saturated rings. The van der Waals surface area contributed by atoms with Gasteiger partial charge in [-0.05, 0) is 19.3 Å². The topological polar surface area (TPSA) is 65.1 Å². The molecule has 0 aromatic heterocycles. The lowest BCUT2D eigenvalue weighted by molar-refractivity contribution is -0.0212. The van der Waals surface area contributed by atoms with Gasteiger partial charge in [-0.25, -0.2) is 8.42 Å². The van der Waals surface area contributed by atoms with Crippen LogP contribution in [-0.4, -0.2) is 70.7 Å². The molecular formula is C15H29NO5S. The third kappa shape index (κ3) is 4.00. The second kappa shape index (κ2) is 7.57. The molecule has 0 spiro atoms.